The van der Waals surface area contributed by atoms with E-state index in [1.165, 1.54) is 26.5 Å². The first kappa shape index (κ1) is 23.3. The molecule has 2 aromatic carbocycles. The highest BCUT2D eigenvalue weighted by Crippen LogP contribution is 2.35. The van der Waals surface area contributed by atoms with Crippen LogP contribution < -0.4 is 14.4 Å². The van der Waals surface area contributed by atoms with E-state index in [1.807, 2.05) is 43.3 Å². The Morgan fingerprint density at radius 2 is 1.84 bits per heavy atom. The molecule has 166 valence electrons. The first-order valence-corrected chi connectivity index (χ1v) is 10.6. The summed E-state index contributed by atoms with van der Waals surface area (Å²) in [6.45, 7) is 0. The van der Waals surface area contributed by atoms with E-state index in [-0.39, 0.29) is 32.9 Å². The van der Waals surface area contributed by atoms with Crippen molar-refractivity contribution in [3.63, 3.8) is 0 Å². The van der Waals surface area contributed by atoms with Gasteiger partial charge < -0.3 is 19.5 Å². The molecule has 0 saturated carbocycles. The van der Waals surface area contributed by atoms with Crippen molar-refractivity contribution in [1.29, 1.82) is 0 Å². The van der Waals surface area contributed by atoms with Crippen LogP contribution in [0.1, 0.15) is 21.5 Å². The van der Waals surface area contributed by atoms with Crippen molar-refractivity contribution in [3.8, 4) is 11.5 Å². The van der Waals surface area contributed by atoms with Gasteiger partial charge in [0, 0.05) is 25.3 Å². The Kier molecular flexibility index (Phi) is 7.16. The van der Waals surface area contributed by atoms with Crippen LogP contribution in [0, 0.1) is 0 Å². The third-order valence-corrected chi connectivity index (χ3v) is 5.87. The molecule has 1 N–H and O–H groups in total. The van der Waals surface area contributed by atoms with Gasteiger partial charge >= 0.3 is 5.97 Å². The van der Waals surface area contributed by atoms with Gasteiger partial charge in [-0.05, 0) is 48.1 Å². The van der Waals surface area contributed by atoms with E-state index in [0.717, 1.165) is 28.0 Å². The Morgan fingerprint density at radius 3 is 2.41 bits per heavy atom. The zero-order chi connectivity index (χ0) is 23.4. The van der Waals surface area contributed by atoms with Crippen molar-refractivity contribution in [2.75, 3.05) is 33.2 Å². The normalized spacial score (nSPS) is 15.0. The predicted octanol–water partition coefficient (Wildman–Crippen LogP) is 3.70. The van der Waals surface area contributed by atoms with Gasteiger partial charge in [0.15, 0.2) is 15.8 Å². The molecule has 1 saturated heterocycles. The molecule has 32 heavy (non-hydrogen) atoms. The first-order valence-electron chi connectivity index (χ1n) is 9.34. The number of benzene rings is 2. The maximum atomic E-state index is 12.8. The molecule has 1 fully saturated rings. The van der Waals surface area contributed by atoms with E-state index in [9.17, 15) is 14.7 Å². The molecule has 0 spiro atoms. The number of thiocarbonyl (C=S) groups is 1. The maximum Gasteiger partial charge on any atom is 0.340 e. The number of carboxylic acids is 1. The number of amides is 1. The molecule has 1 aliphatic heterocycles. The number of hydrogen-bond acceptors (Lipinski definition) is 8. The summed E-state index contributed by atoms with van der Waals surface area (Å²) in [7, 11) is 6.67. The molecule has 1 aliphatic rings. The summed E-state index contributed by atoms with van der Waals surface area (Å²) in [4.78, 5) is 27.0. The van der Waals surface area contributed by atoms with Crippen molar-refractivity contribution in [2.24, 2.45) is 5.10 Å². The molecule has 10 heteroatoms. The van der Waals surface area contributed by atoms with Gasteiger partial charge in [-0.1, -0.05) is 23.9 Å². The Morgan fingerprint density at radius 1 is 1.16 bits per heavy atom. The van der Waals surface area contributed by atoms with Gasteiger partial charge in [-0.3, -0.25) is 4.79 Å². The van der Waals surface area contributed by atoms with Crippen LogP contribution in [0.2, 0.25) is 0 Å². The van der Waals surface area contributed by atoms with E-state index in [0.29, 0.717) is 4.91 Å². The fourth-order valence-electron chi connectivity index (χ4n) is 2.97. The molecule has 0 aromatic heterocycles. The molecule has 1 heterocycles. The zero-order valence-electron chi connectivity index (χ0n) is 17.9. The van der Waals surface area contributed by atoms with Gasteiger partial charge in [-0.15, -0.1) is 0 Å². The van der Waals surface area contributed by atoms with Gasteiger partial charge in [0.25, 0.3) is 5.91 Å². The summed E-state index contributed by atoms with van der Waals surface area (Å²) in [5.74, 6) is -1.26. The Bertz CT molecular complexity index is 1130. The van der Waals surface area contributed by atoms with E-state index in [4.69, 9.17) is 21.7 Å². The minimum absolute atomic E-state index is 0.0652. The third-order valence-electron chi connectivity index (χ3n) is 4.58. The van der Waals surface area contributed by atoms with E-state index < -0.39 is 5.97 Å². The average Bonchev–Trinajstić information content (AvgIpc) is 3.03. The minimum Gasteiger partial charge on any atom is -0.493 e. The second-order valence-electron chi connectivity index (χ2n) is 6.79. The van der Waals surface area contributed by atoms with E-state index in [1.54, 1.807) is 12.1 Å². The quantitative estimate of drug-likeness (QED) is 0.371. The number of nitrogens with zero attached hydrogens (tertiary/aromatic N) is 3. The fourth-order valence-corrected chi connectivity index (χ4v) is 4.14. The highest BCUT2D eigenvalue weighted by Gasteiger charge is 2.32. The number of methoxy groups -OCH3 is 2. The fraction of sp³-hybridized carbons (Fsp3) is 0.182. The number of hydrogen-bond donors (Lipinski definition) is 1. The number of aromatic carboxylic acids is 1. The minimum atomic E-state index is -1.21. The molecule has 0 unspecified atom stereocenters. The second kappa shape index (κ2) is 9.84. The SMILES string of the molecule is COc1ccc(/C=N/N2C(=O)/C(=C\c3ccc(N(C)C)cc3)SC2=S)c(C(=O)O)c1OC. The topological polar surface area (TPSA) is 91.7 Å². The number of anilines is 1. The van der Waals surface area contributed by atoms with Crippen molar-refractivity contribution >= 4 is 58.2 Å². The van der Waals surface area contributed by atoms with Gasteiger partial charge in [0.1, 0.15) is 5.56 Å². The highest BCUT2D eigenvalue weighted by atomic mass is 32.2. The molecule has 8 nitrogen and oxygen atoms in total. The molecule has 0 aliphatic carbocycles. The van der Waals surface area contributed by atoms with Crippen molar-refractivity contribution < 1.29 is 24.2 Å². The van der Waals surface area contributed by atoms with Gasteiger partial charge in [-0.25, -0.2) is 4.79 Å². The van der Waals surface area contributed by atoms with Crippen molar-refractivity contribution in [1.82, 2.24) is 5.01 Å². The molecule has 0 radical (unpaired) electrons. The Hall–Kier alpha value is -3.37. The largest absolute Gasteiger partial charge is 0.493 e. The van der Waals surface area contributed by atoms with E-state index >= 15 is 0 Å². The summed E-state index contributed by atoms with van der Waals surface area (Å²) in [5.41, 5.74) is 2.02. The van der Waals surface area contributed by atoms with Gasteiger partial charge in [0.2, 0.25) is 0 Å². The molecule has 3 rings (SSSR count). The lowest BCUT2D eigenvalue weighted by Gasteiger charge is -2.13. The number of carbonyl (C=O) groups excluding carboxylic acids is 1. The summed E-state index contributed by atoms with van der Waals surface area (Å²) >= 11 is 6.43. The number of carboxylic acid groups (broad SMARTS) is 1. The summed E-state index contributed by atoms with van der Waals surface area (Å²) in [5, 5.41) is 14.9. The number of carbonyl (C=O) groups is 2. The monoisotopic (exact) mass is 471 g/mol. The van der Waals surface area contributed by atoms with Crippen LogP contribution in [0.4, 0.5) is 5.69 Å². The lowest BCUT2D eigenvalue weighted by Crippen LogP contribution is -2.22. The maximum absolute atomic E-state index is 12.8. The van der Waals surface area contributed by atoms with Gasteiger partial charge in [0.05, 0.1) is 25.3 Å². The van der Waals surface area contributed by atoms with Crippen molar-refractivity contribution in [2.45, 2.75) is 0 Å². The van der Waals surface area contributed by atoms with Crippen LogP contribution in [0.5, 0.6) is 11.5 Å². The lowest BCUT2D eigenvalue weighted by atomic mass is 10.1. The number of hydrazone groups is 1. The van der Waals surface area contributed by atoms with Crippen LogP contribution in [-0.2, 0) is 4.79 Å². The first-order chi connectivity index (χ1) is 15.3. The average molecular weight is 472 g/mol. The predicted molar refractivity (Wildman–Crippen MR) is 130 cm³/mol. The van der Waals surface area contributed by atoms with Crippen LogP contribution in [0.25, 0.3) is 6.08 Å². The number of ether oxygens (including phenoxy) is 2. The Labute approximate surface area is 195 Å². The smallest absolute Gasteiger partial charge is 0.340 e. The standard InChI is InChI=1S/C22H21N3O5S2/c1-24(2)15-8-5-13(6-9-15)11-17-20(26)25(22(31)32-17)23-12-14-7-10-16(29-3)19(30-4)18(14)21(27)28/h5-12H,1-4H3,(H,27,28)/b17-11+,23-12+. The van der Waals surface area contributed by atoms with Gasteiger partial charge in [-0.2, -0.15) is 10.1 Å². The zero-order valence-corrected chi connectivity index (χ0v) is 19.5. The molecule has 1 amide bonds. The summed E-state index contributed by atoms with van der Waals surface area (Å²) in [6.07, 6.45) is 3.01. The summed E-state index contributed by atoms with van der Waals surface area (Å²) < 4.78 is 10.6. The molecular weight excluding hydrogens is 450 g/mol. The van der Waals surface area contributed by atoms with Crippen LogP contribution in [-0.4, -0.2) is 60.8 Å². The highest BCUT2D eigenvalue weighted by molar-refractivity contribution is 8.26. The molecule has 2 aromatic rings. The van der Waals surface area contributed by atoms with E-state index in [2.05, 4.69) is 5.10 Å². The molecular formula is C22H21N3O5S2. The van der Waals surface area contributed by atoms with Crippen LogP contribution in [0.3, 0.4) is 0 Å². The van der Waals surface area contributed by atoms with Crippen molar-refractivity contribution in [3.05, 3.63) is 58.0 Å². The number of rotatable bonds is 7. The van der Waals surface area contributed by atoms with Crippen LogP contribution >= 0.6 is 24.0 Å². The lowest BCUT2D eigenvalue weighted by molar-refractivity contribution is -0.122. The molecule has 0 bridgehead atoms. The Balaban J connectivity index is 1.88. The molecule has 0 atom stereocenters. The second-order valence-corrected chi connectivity index (χ2v) is 8.47. The third kappa shape index (κ3) is 4.76. The number of thioether (sulfide) groups is 1. The van der Waals surface area contributed by atoms with Crippen LogP contribution in [0.15, 0.2) is 46.4 Å². The summed E-state index contributed by atoms with van der Waals surface area (Å²) in [6, 6.07) is 10.8.